The fraction of sp³-hybridized carbons (Fsp3) is 0.400. The Morgan fingerprint density at radius 3 is 2.89 bits per heavy atom. The second-order valence-electron chi connectivity index (χ2n) is 4.62. The van der Waals surface area contributed by atoms with Crippen molar-refractivity contribution in [1.29, 1.82) is 0 Å². The molecule has 4 heteroatoms. The molecule has 0 unspecified atom stereocenters. The molecule has 1 aromatic rings. The van der Waals surface area contributed by atoms with Gasteiger partial charge in [-0.15, -0.1) is 6.42 Å². The lowest BCUT2D eigenvalue weighted by Gasteiger charge is -2.32. The van der Waals surface area contributed by atoms with E-state index in [4.69, 9.17) is 11.2 Å². The molecule has 1 heterocycles. The molecule has 1 aromatic carbocycles. The summed E-state index contributed by atoms with van der Waals surface area (Å²) >= 11 is 0. The zero-order chi connectivity index (χ0) is 13.7. The monoisotopic (exact) mass is 258 g/mol. The summed E-state index contributed by atoms with van der Waals surface area (Å²) in [4.78, 5) is 14.2. The van der Waals surface area contributed by atoms with E-state index in [1.165, 1.54) is 0 Å². The van der Waals surface area contributed by atoms with Gasteiger partial charge in [0.05, 0.1) is 0 Å². The third-order valence-corrected chi connectivity index (χ3v) is 3.08. The first-order valence-electron chi connectivity index (χ1n) is 6.39. The zero-order valence-electron chi connectivity index (χ0n) is 11.1. The highest BCUT2D eigenvalue weighted by Gasteiger charge is 2.21. The number of carbonyl (C=O) groups is 1. The summed E-state index contributed by atoms with van der Waals surface area (Å²) in [5.74, 6) is 3.16. The number of amides is 1. The number of hydrogen-bond acceptors (Lipinski definition) is 3. The Morgan fingerprint density at radius 2 is 2.26 bits per heavy atom. The fourth-order valence-electron chi connectivity index (χ4n) is 2.12. The first-order chi connectivity index (χ1) is 9.20. The van der Waals surface area contributed by atoms with Crippen molar-refractivity contribution < 1.29 is 9.53 Å². The largest absolute Gasteiger partial charge is 0.481 e. The summed E-state index contributed by atoms with van der Waals surface area (Å²) in [6, 6.07) is 7.45. The first-order valence-corrected chi connectivity index (χ1v) is 6.39. The smallest absolute Gasteiger partial charge is 0.253 e. The van der Waals surface area contributed by atoms with Crippen LogP contribution in [0.25, 0.3) is 0 Å². The van der Waals surface area contributed by atoms with Gasteiger partial charge in [-0.3, -0.25) is 4.79 Å². The molecule has 19 heavy (non-hydrogen) atoms. The Balaban J connectivity index is 2.01. The third-order valence-electron chi connectivity index (χ3n) is 3.08. The molecular formula is C15H18N2O2. The van der Waals surface area contributed by atoms with Crippen molar-refractivity contribution >= 4 is 5.91 Å². The van der Waals surface area contributed by atoms with Crippen molar-refractivity contribution in [2.45, 2.75) is 13.0 Å². The van der Waals surface area contributed by atoms with Gasteiger partial charge in [-0.2, -0.15) is 0 Å². The second-order valence-corrected chi connectivity index (χ2v) is 4.62. The van der Waals surface area contributed by atoms with Crippen molar-refractivity contribution in [3.05, 3.63) is 29.8 Å². The van der Waals surface area contributed by atoms with Crippen LogP contribution in [0.3, 0.4) is 0 Å². The zero-order valence-corrected chi connectivity index (χ0v) is 11.1. The number of carbonyl (C=O) groups excluding carboxylic acids is 1. The molecule has 0 radical (unpaired) electrons. The number of rotatable bonds is 3. The SMILES string of the molecule is C#CCOc1ccc(C(=O)N2CCN[C@H](C)C2)cc1. The van der Waals surface area contributed by atoms with Crippen LogP contribution in [0.15, 0.2) is 24.3 Å². The predicted octanol–water partition coefficient (Wildman–Crippen LogP) is 1.13. The van der Waals surface area contributed by atoms with Crippen LogP contribution in [-0.4, -0.2) is 43.1 Å². The van der Waals surface area contributed by atoms with Gasteiger partial charge in [0.25, 0.3) is 5.91 Å². The molecule has 100 valence electrons. The molecule has 1 saturated heterocycles. The van der Waals surface area contributed by atoms with Gasteiger partial charge >= 0.3 is 0 Å². The Hall–Kier alpha value is -1.99. The molecule has 0 saturated carbocycles. The number of nitrogens with zero attached hydrogens (tertiary/aromatic N) is 1. The molecule has 1 atom stereocenters. The normalized spacial score (nSPS) is 18.7. The molecule has 1 amide bonds. The molecular weight excluding hydrogens is 240 g/mol. The molecule has 1 aliphatic heterocycles. The van der Waals surface area contributed by atoms with Gasteiger partial charge in [-0.1, -0.05) is 5.92 Å². The number of hydrogen-bond donors (Lipinski definition) is 1. The summed E-state index contributed by atoms with van der Waals surface area (Å²) in [6.45, 7) is 4.65. The minimum Gasteiger partial charge on any atom is -0.481 e. The van der Waals surface area contributed by atoms with Crippen LogP contribution in [0.2, 0.25) is 0 Å². The van der Waals surface area contributed by atoms with Crippen LogP contribution >= 0.6 is 0 Å². The van der Waals surface area contributed by atoms with E-state index in [-0.39, 0.29) is 12.5 Å². The van der Waals surface area contributed by atoms with Gasteiger partial charge < -0.3 is 15.0 Å². The lowest BCUT2D eigenvalue weighted by molar-refractivity contribution is 0.0709. The van der Waals surface area contributed by atoms with E-state index in [0.717, 1.165) is 19.6 Å². The van der Waals surface area contributed by atoms with Crippen LogP contribution in [0.4, 0.5) is 0 Å². The first kappa shape index (κ1) is 13.4. The van der Waals surface area contributed by atoms with Crippen LogP contribution in [0.1, 0.15) is 17.3 Å². The van der Waals surface area contributed by atoms with E-state index >= 15 is 0 Å². The number of benzene rings is 1. The van der Waals surface area contributed by atoms with Gasteiger partial charge in [0.2, 0.25) is 0 Å². The highest BCUT2D eigenvalue weighted by atomic mass is 16.5. The van der Waals surface area contributed by atoms with Crippen LogP contribution in [0.5, 0.6) is 5.75 Å². The van der Waals surface area contributed by atoms with Gasteiger partial charge in [0.1, 0.15) is 12.4 Å². The summed E-state index contributed by atoms with van der Waals surface area (Å²) in [5.41, 5.74) is 0.683. The fourth-order valence-corrected chi connectivity index (χ4v) is 2.12. The second kappa shape index (κ2) is 6.26. The van der Waals surface area contributed by atoms with E-state index in [2.05, 4.69) is 18.2 Å². The van der Waals surface area contributed by atoms with Gasteiger partial charge in [-0.25, -0.2) is 0 Å². The van der Waals surface area contributed by atoms with E-state index in [0.29, 0.717) is 17.4 Å². The van der Waals surface area contributed by atoms with Gasteiger partial charge in [0, 0.05) is 31.2 Å². The summed E-state index contributed by atoms with van der Waals surface area (Å²) in [6.07, 6.45) is 5.12. The number of piperazine rings is 1. The van der Waals surface area contributed by atoms with E-state index < -0.39 is 0 Å². The third kappa shape index (κ3) is 3.49. The summed E-state index contributed by atoms with van der Waals surface area (Å²) < 4.78 is 5.28. The molecule has 0 aromatic heterocycles. The average molecular weight is 258 g/mol. The standard InChI is InChI=1S/C15H18N2O2/c1-3-10-19-14-6-4-13(5-7-14)15(18)17-9-8-16-12(2)11-17/h1,4-7,12,16H,8-11H2,2H3/t12-/m1/s1. The number of ether oxygens (including phenoxy) is 1. The summed E-state index contributed by atoms with van der Waals surface area (Å²) in [7, 11) is 0. The molecule has 1 N–H and O–H groups in total. The van der Waals surface area contributed by atoms with Gasteiger partial charge in [-0.05, 0) is 31.2 Å². The Kier molecular flexibility index (Phi) is 4.43. The Labute approximate surface area is 113 Å². The van der Waals surface area contributed by atoms with Crippen molar-refractivity contribution in [2.75, 3.05) is 26.2 Å². The minimum absolute atomic E-state index is 0.0665. The molecule has 4 nitrogen and oxygen atoms in total. The average Bonchev–Trinajstić information content (AvgIpc) is 2.45. The molecule has 2 rings (SSSR count). The maximum Gasteiger partial charge on any atom is 0.253 e. The van der Waals surface area contributed by atoms with Crippen molar-refractivity contribution in [2.24, 2.45) is 0 Å². The molecule has 0 spiro atoms. The van der Waals surface area contributed by atoms with Gasteiger partial charge in [0.15, 0.2) is 0 Å². The summed E-state index contributed by atoms with van der Waals surface area (Å²) in [5, 5.41) is 3.32. The maximum absolute atomic E-state index is 12.3. The van der Waals surface area contributed by atoms with Crippen LogP contribution in [0, 0.1) is 12.3 Å². The molecule has 0 aliphatic carbocycles. The molecule has 0 bridgehead atoms. The predicted molar refractivity (Wildman–Crippen MR) is 74.1 cm³/mol. The topological polar surface area (TPSA) is 41.6 Å². The molecule has 1 fully saturated rings. The van der Waals surface area contributed by atoms with E-state index in [9.17, 15) is 4.79 Å². The highest BCUT2D eigenvalue weighted by Crippen LogP contribution is 2.14. The van der Waals surface area contributed by atoms with Crippen LogP contribution < -0.4 is 10.1 Å². The minimum atomic E-state index is 0.0665. The van der Waals surface area contributed by atoms with Crippen molar-refractivity contribution in [3.63, 3.8) is 0 Å². The Bertz CT molecular complexity index is 476. The van der Waals surface area contributed by atoms with Crippen molar-refractivity contribution in [3.8, 4) is 18.1 Å². The van der Waals surface area contributed by atoms with Crippen molar-refractivity contribution in [1.82, 2.24) is 10.2 Å². The Morgan fingerprint density at radius 1 is 1.53 bits per heavy atom. The maximum atomic E-state index is 12.3. The van der Waals surface area contributed by atoms with E-state index in [1.54, 1.807) is 24.3 Å². The highest BCUT2D eigenvalue weighted by molar-refractivity contribution is 5.94. The number of nitrogens with one attached hydrogen (secondary N) is 1. The lowest BCUT2D eigenvalue weighted by atomic mass is 10.1. The van der Waals surface area contributed by atoms with Crippen LogP contribution in [-0.2, 0) is 0 Å². The lowest BCUT2D eigenvalue weighted by Crippen LogP contribution is -2.51. The quantitative estimate of drug-likeness (QED) is 0.826. The number of terminal acetylenes is 1. The van der Waals surface area contributed by atoms with E-state index in [1.807, 2.05) is 4.90 Å². The molecule has 1 aliphatic rings.